The summed E-state index contributed by atoms with van der Waals surface area (Å²) in [6.45, 7) is 6.33. The van der Waals surface area contributed by atoms with Crippen molar-refractivity contribution in [3.63, 3.8) is 0 Å². The van der Waals surface area contributed by atoms with Gasteiger partial charge in [-0.15, -0.1) is 0 Å². The van der Waals surface area contributed by atoms with E-state index in [9.17, 15) is 9.90 Å². The van der Waals surface area contributed by atoms with Crippen LogP contribution < -0.4 is 0 Å². The third-order valence-electron chi connectivity index (χ3n) is 5.46. The average molecular weight is 296 g/mol. The number of aliphatic hydroxyl groups is 1. The first-order valence-corrected chi connectivity index (χ1v) is 7.59. The number of carbonyl (C=O) groups is 1. The fourth-order valence-corrected chi connectivity index (χ4v) is 4.13. The van der Waals surface area contributed by atoms with Crippen molar-refractivity contribution < 1.29 is 24.1 Å². The summed E-state index contributed by atoms with van der Waals surface area (Å²) < 4.78 is 16.9. The van der Waals surface area contributed by atoms with Gasteiger partial charge in [0.1, 0.15) is 17.3 Å². The zero-order valence-electron chi connectivity index (χ0n) is 13.1. The van der Waals surface area contributed by atoms with Crippen LogP contribution in [0.25, 0.3) is 0 Å². The van der Waals surface area contributed by atoms with Gasteiger partial charge in [0.2, 0.25) is 0 Å². The predicted octanol–water partition coefficient (Wildman–Crippen LogP) is 1.23. The Morgan fingerprint density at radius 2 is 2.19 bits per heavy atom. The van der Waals surface area contributed by atoms with E-state index in [0.717, 1.165) is 0 Å². The standard InChI is InChI=1S/C16H24O5/c1-5-6-10(2)12-14(3,21-12)16(18)13(19-4)11(17)7-8-15(16)9-20-15/h5-6,10,12-13,18H,7-9H2,1-4H3. The molecule has 6 unspecified atom stereocenters. The maximum atomic E-state index is 12.2. The van der Waals surface area contributed by atoms with E-state index in [2.05, 4.69) is 0 Å². The van der Waals surface area contributed by atoms with Gasteiger partial charge in [-0.3, -0.25) is 4.79 Å². The Kier molecular flexibility index (Phi) is 3.34. The van der Waals surface area contributed by atoms with Gasteiger partial charge in [0.05, 0.1) is 12.7 Å². The molecule has 2 heterocycles. The molecule has 3 rings (SSSR count). The van der Waals surface area contributed by atoms with Crippen molar-refractivity contribution in [2.45, 2.75) is 62.6 Å². The molecule has 3 aliphatic rings. The lowest BCUT2D eigenvalue weighted by Gasteiger charge is -2.45. The number of allylic oxidation sites excluding steroid dienone is 1. The Labute approximate surface area is 125 Å². The molecule has 1 aliphatic carbocycles. The van der Waals surface area contributed by atoms with Crippen LogP contribution in [0.3, 0.4) is 0 Å². The molecule has 1 spiro atoms. The maximum absolute atomic E-state index is 12.2. The Hall–Kier alpha value is -0.750. The quantitative estimate of drug-likeness (QED) is 0.624. The summed E-state index contributed by atoms with van der Waals surface area (Å²) in [5.41, 5.74) is -2.94. The minimum Gasteiger partial charge on any atom is -0.380 e. The first kappa shape index (κ1) is 15.2. The second-order valence-corrected chi connectivity index (χ2v) is 6.66. The second-order valence-electron chi connectivity index (χ2n) is 6.66. The molecule has 3 fully saturated rings. The van der Waals surface area contributed by atoms with Gasteiger partial charge in [0.25, 0.3) is 0 Å². The maximum Gasteiger partial charge on any atom is 0.164 e. The van der Waals surface area contributed by atoms with Gasteiger partial charge in [-0.1, -0.05) is 19.1 Å². The highest BCUT2D eigenvalue weighted by Crippen LogP contribution is 2.61. The number of methoxy groups -OCH3 is 1. The third-order valence-corrected chi connectivity index (χ3v) is 5.46. The summed E-state index contributed by atoms with van der Waals surface area (Å²) in [4.78, 5) is 12.2. The van der Waals surface area contributed by atoms with Gasteiger partial charge in [0.15, 0.2) is 11.4 Å². The first-order valence-electron chi connectivity index (χ1n) is 7.59. The van der Waals surface area contributed by atoms with Crippen molar-refractivity contribution in [1.82, 2.24) is 0 Å². The van der Waals surface area contributed by atoms with Crippen LogP contribution in [-0.4, -0.2) is 53.6 Å². The van der Waals surface area contributed by atoms with Crippen molar-refractivity contribution in [2.24, 2.45) is 5.92 Å². The molecule has 0 radical (unpaired) electrons. The SMILES string of the molecule is CC=CC(C)C1OC1(C)C1(O)C(OC)C(=O)CCC12CO2. The highest BCUT2D eigenvalue weighted by molar-refractivity contribution is 5.87. The van der Waals surface area contributed by atoms with E-state index in [-0.39, 0.29) is 17.8 Å². The van der Waals surface area contributed by atoms with Gasteiger partial charge in [-0.05, 0) is 20.3 Å². The van der Waals surface area contributed by atoms with Crippen LogP contribution in [0.5, 0.6) is 0 Å². The van der Waals surface area contributed by atoms with Crippen molar-refractivity contribution in [1.29, 1.82) is 0 Å². The van der Waals surface area contributed by atoms with Crippen molar-refractivity contribution in [3.8, 4) is 0 Å². The summed E-state index contributed by atoms with van der Waals surface area (Å²) >= 11 is 0. The number of Topliss-reactive ketones (excluding diaryl/α,β-unsaturated/α-hetero) is 1. The van der Waals surface area contributed by atoms with E-state index in [4.69, 9.17) is 14.2 Å². The topological polar surface area (TPSA) is 71.6 Å². The number of rotatable bonds is 4. The highest BCUT2D eigenvalue weighted by atomic mass is 16.7. The molecule has 118 valence electrons. The number of hydrogen-bond donors (Lipinski definition) is 1. The molecule has 0 aromatic carbocycles. The Balaban J connectivity index is 1.95. The normalized spacial score (nSPS) is 50.6. The summed E-state index contributed by atoms with van der Waals surface area (Å²) in [6, 6.07) is 0. The van der Waals surface area contributed by atoms with E-state index in [0.29, 0.717) is 19.4 Å². The van der Waals surface area contributed by atoms with Crippen LogP contribution in [0, 0.1) is 5.92 Å². The zero-order valence-corrected chi connectivity index (χ0v) is 13.1. The van der Waals surface area contributed by atoms with Crippen LogP contribution in [0.1, 0.15) is 33.6 Å². The third kappa shape index (κ3) is 1.81. The van der Waals surface area contributed by atoms with Gasteiger partial charge >= 0.3 is 0 Å². The molecule has 1 saturated carbocycles. The van der Waals surface area contributed by atoms with E-state index < -0.39 is 22.9 Å². The minimum absolute atomic E-state index is 0.0738. The minimum atomic E-state index is -1.43. The lowest BCUT2D eigenvalue weighted by atomic mass is 9.64. The molecular formula is C16H24O5. The highest BCUT2D eigenvalue weighted by Gasteiger charge is 2.82. The van der Waals surface area contributed by atoms with Gasteiger partial charge in [0, 0.05) is 19.4 Å². The van der Waals surface area contributed by atoms with Crippen LogP contribution >= 0.6 is 0 Å². The van der Waals surface area contributed by atoms with Crippen molar-refractivity contribution >= 4 is 5.78 Å². The number of hydrogen-bond acceptors (Lipinski definition) is 5. The lowest BCUT2D eigenvalue weighted by Crippen LogP contribution is -2.69. The Morgan fingerprint density at radius 3 is 2.71 bits per heavy atom. The summed E-state index contributed by atoms with van der Waals surface area (Å²) in [5, 5.41) is 11.5. The largest absolute Gasteiger partial charge is 0.380 e. The fraction of sp³-hybridized carbons (Fsp3) is 0.812. The predicted molar refractivity (Wildman–Crippen MR) is 75.9 cm³/mol. The molecule has 5 heteroatoms. The number of ketones is 1. The monoisotopic (exact) mass is 296 g/mol. The van der Waals surface area contributed by atoms with Crippen LogP contribution in [0.4, 0.5) is 0 Å². The van der Waals surface area contributed by atoms with E-state index in [1.807, 2.05) is 32.9 Å². The molecule has 21 heavy (non-hydrogen) atoms. The second kappa shape index (κ2) is 4.62. The number of ether oxygens (including phenoxy) is 3. The van der Waals surface area contributed by atoms with E-state index >= 15 is 0 Å². The van der Waals surface area contributed by atoms with Gasteiger partial charge < -0.3 is 19.3 Å². The molecular weight excluding hydrogens is 272 g/mol. The first-order chi connectivity index (χ1) is 9.86. The lowest BCUT2D eigenvalue weighted by molar-refractivity contribution is -0.194. The molecule has 0 amide bonds. The van der Waals surface area contributed by atoms with Gasteiger partial charge in [-0.25, -0.2) is 0 Å². The summed E-state index contributed by atoms with van der Waals surface area (Å²) in [5.74, 6) is 0.0876. The molecule has 0 aromatic heterocycles. The Morgan fingerprint density at radius 1 is 1.52 bits per heavy atom. The smallest absolute Gasteiger partial charge is 0.164 e. The molecule has 2 saturated heterocycles. The molecule has 6 atom stereocenters. The zero-order chi connectivity index (χ0) is 15.5. The molecule has 2 aliphatic heterocycles. The van der Waals surface area contributed by atoms with Crippen LogP contribution in [0.15, 0.2) is 12.2 Å². The summed E-state index contributed by atoms with van der Waals surface area (Å²) in [6.07, 6.45) is 3.91. The molecule has 5 nitrogen and oxygen atoms in total. The molecule has 1 N–H and O–H groups in total. The van der Waals surface area contributed by atoms with Crippen LogP contribution in [-0.2, 0) is 19.0 Å². The molecule has 0 bridgehead atoms. The van der Waals surface area contributed by atoms with E-state index in [1.165, 1.54) is 7.11 Å². The number of carbonyl (C=O) groups excluding carboxylic acids is 1. The van der Waals surface area contributed by atoms with Crippen LogP contribution in [0.2, 0.25) is 0 Å². The average Bonchev–Trinajstić information content (AvgIpc) is 3.33. The Bertz CT molecular complexity index is 483. The van der Waals surface area contributed by atoms with E-state index in [1.54, 1.807) is 0 Å². The van der Waals surface area contributed by atoms with Gasteiger partial charge in [-0.2, -0.15) is 0 Å². The van der Waals surface area contributed by atoms with Crippen molar-refractivity contribution in [3.05, 3.63) is 12.2 Å². The summed E-state index contributed by atoms with van der Waals surface area (Å²) in [7, 11) is 1.46. The fourth-order valence-electron chi connectivity index (χ4n) is 4.13. The molecule has 0 aromatic rings. The number of epoxide rings is 2. The van der Waals surface area contributed by atoms with Crippen molar-refractivity contribution in [2.75, 3.05) is 13.7 Å².